The summed E-state index contributed by atoms with van der Waals surface area (Å²) in [4.78, 5) is 13.3. The van der Waals surface area contributed by atoms with Crippen molar-refractivity contribution in [3.63, 3.8) is 0 Å². The van der Waals surface area contributed by atoms with Gasteiger partial charge in [-0.25, -0.2) is 4.68 Å². The van der Waals surface area contributed by atoms with Crippen molar-refractivity contribution < 1.29 is 9.53 Å². The number of fused-ring (bicyclic) bond motifs is 5. The number of hydrogen-bond donors (Lipinski definition) is 0. The molecule has 35 heavy (non-hydrogen) atoms. The number of hydrogen-bond acceptors (Lipinski definition) is 4. The third kappa shape index (κ3) is 4.14. The summed E-state index contributed by atoms with van der Waals surface area (Å²) < 4.78 is 8.92. The largest absolute Gasteiger partial charge is 0.488 e. The molecule has 5 atom stereocenters. The average Bonchev–Trinajstić information content (AvgIpc) is 3.50. The zero-order valence-corrected chi connectivity index (χ0v) is 21.8. The van der Waals surface area contributed by atoms with Gasteiger partial charge in [-0.05, 0) is 106 Å². The summed E-state index contributed by atoms with van der Waals surface area (Å²) in [7, 11) is 0. The summed E-state index contributed by atoms with van der Waals surface area (Å²) in [6, 6.07) is 14.9. The fourth-order valence-corrected chi connectivity index (χ4v) is 8.01. The Labute approximate surface area is 215 Å². The molecule has 3 aliphatic rings. The number of aromatic nitrogens is 3. The van der Waals surface area contributed by atoms with E-state index in [0.717, 1.165) is 35.9 Å². The molecule has 0 saturated heterocycles. The van der Waals surface area contributed by atoms with E-state index in [1.54, 1.807) is 17.1 Å². The summed E-state index contributed by atoms with van der Waals surface area (Å²) in [5.74, 6) is 3.27. The van der Waals surface area contributed by atoms with Crippen molar-refractivity contribution >= 4 is 21.7 Å². The molecule has 6 rings (SSSR count). The highest BCUT2D eigenvalue weighted by molar-refractivity contribution is 9.10. The van der Waals surface area contributed by atoms with Crippen LogP contribution in [0.25, 0.3) is 0 Å². The zero-order valence-electron chi connectivity index (χ0n) is 20.2. The summed E-state index contributed by atoms with van der Waals surface area (Å²) in [6.45, 7) is 3.33. The first-order valence-electron chi connectivity index (χ1n) is 12.9. The van der Waals surface area contributed by atoms with E-state index in [1.807, 2.05) is 18.2 Å². The Morgan fingerprint density at radius 1 is 1.17 bits per heavy atom. The molecule has 1 aromatic heterocycles. The number of ether oxygens (including phenoxy) is 1. The lowest BCUT2D eigenvalue weighted by molar-refractivity contribution is -0.128. The van der Waals surface area contributed by atoms with Crippen molar-refractivity contribution in [3.8, 4) is 5.75 Å². The Balaban J connectivity index is 1.19. The normalized spacial score (nSPS) is 29.2. The van der Waals surface area contributed by atoms with Crippen LogP contribution in [-0.4, -0.2) is 20.8 Å². The van der Waals surface area contributed by atoms with Crippen LogP contribution >= 0.6 is 15.9 Å². The fraction of sp³-hybridized carbons (Fsp3) is 0.483. The second-order valence-electron chi connectivity index (χ2n) is 10.9. The van der Waals surface area contributed by atoms with Gasteiger partial charge in [0, 0.05) is 12.1 Å². The van der Waals surface area contributed by atoms with Crippen LogP contribution in [0.3, 0.4) is 0 Å². The van der Waals surface area contributed by atoms with Crippen LogP contribution in [0.2, 0.25) is 0 Å². The molecule has 0 amide bonds. The smallest absolute Gasteiger partial charge is 0.157 e. The number of carbonyl (C=O) groups is 1. The Kier molecular flexibility index (Phi) is 6.03. The van der Waals surface area contributed by atoms with Gasteiger partial charge in [0.1, 0.15) is 18.9 Å². The highest BCUT2D eigenvalue weighted by atomic mass is 79.9. The molecule has 5 nitrogen and oxygen atoms in total. The van der Waals surface area contributed by atoms with E-state index >= 15 is 0 Å². The van der Waals surface area contributed by atoms with Crippen LogP contribution < -0.4 is 4.74 Å². The van der Waals surface area contributed by atoms with Crippen molar-refractivity contribution in [2.45, 2.75) is 64.5 Å². The first-order valence-corrected chi connectivity index (χ1v) is 13.7. The van der Waals surface area contributed by atoms with Gasteiger partial charge in [-0.15, -0.1) is 5.10 Å². The molecule has 3 aromatic rings. The maximum absolute atomic E-state index is 13.3. The predicted octanol–water partition coefficient (Wildman–Crippen LogP) is 6.36. The van der Waals surface area contributed by atoms with Gasteiger partial charge in [-0.2, -0.15) is 0 Å². The lowest BCUT2D eigenvalue weighted by Crippen LogP contribution is -2.44. The van der Waals surface area contributed by atoms with Gasteiger partial charge in [0.2, 0.25) is 0 Å². The van der Waals surface area contributed by atoms with Crippen LogP contribution in [0.1, 0.15) is 61.6 Å². The van der Waals surface area contributed by atoms with Crippen molar-refractivity contribution in [2.24, 2.45) is 23.2 Å². The molecule has 0 spiro atoms. The van der Waals surface area contributed by atoms with Crippen molar-refractivity contribution in [2.75, 3.05) is 0 Å². The van der Waals surface area contributed by atoms with Crippen LogP contribution in [0, 0.1) is 23.2 Å². The maximum Gasteiger partial charge on any atom is 0.157 e. The third-order valence-electron chi connectivity index (χ3n) is 9.19. The van der Waals surface area contributed by atoms with Gasteiger partial charge in [0.05, 0.1) is 10.7 Å². The lowest BCUT2D eigenvalue weighted by atomic mass is 9.54. The molecule has 0 unspecified atom stereocenters. The minimum absolute atomic E-state index is 0.103. The van der Waals surface area contributed by atoms with E-state index in [-0.39, 0.29) is 11.3 Å². The van der Waals surface area contributed by atoms with Crippen molar-refractivity contribution in [1.82, 2.24) is 15.0 Å². The van der Waals surface area contributed by atoms with Gasteiger partial charge >= 0.3 is 0 Å². The molecular weight excluding hydrogens is 502 g/mol. The molecule has 2 saturated carbocycles. The van der Waals surface area contributed by atoms with Gasteiger partial charge in [-0.1, -0.05) is 42.5 Å². The highest BCUT2D eigenvalue weighted by Gasteiger charge is 2.56. The van der Waals surface area contributed by atoms with Crippen LogP contribution in [0.5, 0.6) is 5.75 Å². The minimum Gasteiger partial charge on any atom is -0.488 e. The van der Waals surface area contributed by atoms with Gasteiger partial charge in [-0.3, -0.25) is 4.79 Å². The quantitative estimate of drug-likeness (QED) is 0.369. The fourth-order valence-electron chi connectivity index (χ4n) is 7.53. The SMILES string of the molecule is C[C@]12CC[C@@H]3c4cc(Br)c(OCc5ccccc5)cc4CC[C@H]3[C@@H]1CC[C@@H]2C(=O)Cn1ccnn1. The maximum atomic E-state index is 13.3. The van der Waals surface area contributed by atoms with Gasteiger partial charge in [0.15, 0.2) is 5.78 Å². The molecule has 2 aromatic carbocycles. The van der Waals surface area contributed by atoms with E-state index in [2.05, 4.69) is 57.4 Å². The van der Waals surface area contributed by atoms with Crippen LogP contribution in [-0.2, 0) is 24.4 Å². The van der Waals surface area contributed by atoms with Gasteiger partial charge < -0.3 is 4.74 Å². The summed E-state index contributed by atoms with van der Waals surface area (Å²) in [5, 5.41) is 7.89. The zero-order chi connectivity index (χ0) is 24.0. The molecule has 182 valence electrons. The molecular formula is C29H32BrN3O2. The first-order chi connectivity index (χ1) is 17.0. The molecule has 0 N–H and O–H groups in total. The summed E-state index contributed by atoms with van der Waals surface area (Å²) in [6.07, 6.45) is 10.2. The Morgan fingerprint density at radius 2 is 2.03 bits per heavy atom. The van der Waals surface area contributed by atoms with E-state index in [1.165, 1.54) is 29.5 Å². The van der Waals surface area contributed by atoms with Crippen molar-refractivity contribution in [3.05, 3.63) is 76.0 Å². The minimum atomic E-state index is 0.103. The van der Waals surface area contributed by atoms with Gasteiger partial charge in [0.25, 0.3) is 0 Å². The topological polar surface area (TPSA) is 57.0 Å². The molecule has 3 aliphatic carbocycles. The standard InChI is InChI=1S/C29H32BrN3O2/c1-29-12-11-21-22(24(29)9-10-25(29)27(34)17-33-14-13-31-32-33)8-7-20-15-28(26(30)16-23(20)21)35-18-19-5-3-2-4-6-19/h2-6,13-16,21-22,24-25H,7-12,17-18H2,1H3/t21-,22+,24-,25+,29-/m0/s1. The van der Waals surface area contributed by atoms with E-state index in [4.69, 9.17) is 4.74 Å². The summed E-state index contributed by atoms with van der Waals surface area (Å²) >= 11 is 3.81. The average molecular weight is 534 g/mol. The number of aryl methyl sites for hydroxylation is 1. The monoisotopic (exact) mass is 533 g/mol. The van der Waals surface area contributed by atoms with E-state index in [9.17, 15) is 4.79 Å². The first kappa shape index (κ1) is 23.0. The molecule has 0 radical (unpaired) electrons. The van der Waals surface area contributed by atoms with E-state index < -0.39 is 0 Å². The van der Waals surface area contributed by atoms with E-state index in [0.29, 0.717) is 36.7 Å². The molecule has 6 heteroatoms. The van der Waals surface area contributed by atoms with Crippen LogP contribution in [0.15, 0.2) is 59.3 Å². The number of benzene rings is 2. The molecule has 0 aliphatic heterocycles. The number of carbonyl (C=O) groups excluding carboxylic acids is 1. The Morgan fingerprint density at radius 3 is 2.83 bits per heavy atom. The molecule has 1 heterocycles. The molecule has 0 bridgehead atoms. The predicted molar refractivity (Wildman–Crippen MR) is 138 cm³/mol. The second-order valence-corrected chi connectivity index (χ2v) is 11.8. The highest BCUT2D eigenvalue weighted by Crippen LogP contribution is 2.63. The number of rotatable bonds is 6. The lowest BCUT2D eigenvalue weighted by Gasteiger charge is -2.50. The third-order valence-corrected chi connectivity index (χ3v) is 9.81. The van der Waals surface area contributed by atoms with Crippen LogP contribution in [0.4, 0.5) is 0 Å². The molecule has 2 fully saturated rings. The number of ketones is 1. The van der Waals surface area contributed by atoms with Crippen molar-refractivity contribution in [1.29, 1.82) is 0 Å². The number of Topliss-reactive ketones (excluding diaryl/α,β-unsaturated/α-hetero) is 1. The Bertz CT molecular complexity index is 1210. The Hall–Kier alpha value is -2.47. The second kappa shape index (κ2) is 9.20. The number of nitrogens with zero attached hydrogens (tertiary/aromatic N) is 3. The summed E-state index contributed by atoms with van der Waals surface area (Å²) in [5.41, 5.74) is 4.22. The number of halogens is 1.